The Balaban J connectivity index is 2.08. The predicted octanol–water partition coefficient (Wildman–Crippen LogP) is 4.36. The van der Waals surface area contributed by atoms with Crippen molar-refractivity contribution in [2.75, 3.05) is 10.6 Å². The zero-order valence-electron chi connectivity index (χ0n) is 13.1. The molecule has 7 heteroatoms. The summed E-state index contributed by atoms with van der Waals surface area (Å²) in [7, 11) is 0. The molecule has 0 saturated carbocycles. The van der Waals surface area contributed by atoms with Crippen LogP contribution in [0.1, 0.15) is 13.8 Å². The van der Waals surface area contributed by atoms with E-state index < -0.39 is 6.10 Å². The van der Waals surface area contributed by atoms with E-state index in [4.69, 9.17) is 27.9 Å². The second-order valence-electron chi connectivity index (χ2n) is 5.05. The van der Waals surface area contributed by atoms with Gasteiger partial charge in [0.1, 0.15) is 5.75 Å². The van der Waals surface area contributed by atoms with Crippen molar-refractivity contribution in [1.82, 2.24) is 0 Å². The third-order valence-corrected chi connectivity index (χ3v) is 3.59. The van der Waals surface area contributed by atoms with Crippen LogP contribution < -0.4 is 15.4 Å². The Morgan fingerprint density at radius 1 is 1.04 bits per heavy atom. The minimum Gasteiger partial charge on any atom is -0.479 e. The first-order valence-electron chi connectivity index (χ1n) is 7.16. The molecule has 5 nitrogen and oxygen atoms in total. The third kappa shape index (κ3) is 4.88. The van der Waals surface area contributed by atoms with Crippen LogP contribution in [0.3, 0.4) is 0 Å². The van der Waals surface area contributed by atoms with E-state index in [0.29, 0.717) is 27.2 Å². The molecule has 2 aromatic carbocycles. The van der Waals surface area contributed by atoms with E-state index in [0.717, 1.165) is 0 Å². The Morgan fingerprint density at radius 3 is 2.25 bits per heavy atom. The van der Waals surface area contributed by atoms with Gasteiger partial charge in [0.25, 0.3) is 5.91 Å². The summed E-state index contributed by atoms with van der Waals surface area (Å²) in [6.45, 7) is 2.99. The number of hydrogen-bond acceptors (Lipinski definition) is 3. The highest BCUT2D eigenvalue weighted by molar-refractivity contribution is 6.35. The largest absolute Gasteiger partial charge is 0.479 e. The second-order valence-corrected chi connectivity index (χ2v) is 5.89. The number of carbonyl (C=O) groups is 2. The number of rotatable bonds is 5. The van der Waals surface area contributed by atoms with Gasteiger partial charge in [0.15, 0.2) is 6.10 Å². The van der Waals surface area contributed by atoms with Gasteiger partial charge < -0.3 is 15.4 Å². The molecule has 2 N–H and O–H groups in total. The van der Waals surface area contributed by atoms with Gasteiger partial charge in [-0.05, 0) is 37.3 Å². The van der Waals surface area contributed by atoms with Gasteiger partial charge in [-0.15, -0.1) is 0 Å². The first-order valence-corrected chi connectivity index (χ1v) is 7.91. The lowest BCUT2D eigenvalue weighted by Crippen LogP contribution is -2.30. The van der Waals surface area contributed by atoms with Crippen molar-refractivity contribution in [3.05, 3.63) is 52.5 Å². The maximum Gasteiger partial charge on any atom is 0.265 e. The number of halogens is 2. The summed E-state index contributed by atoms with van der Waals surface area (Å²) in [4.78, 5) is 23.5. The second kappa shape index (κ2) is 8.04. The zero-order valence-corrected chi connectivity index (χ0v) is 14.6. The summed E-state index contributed by atoms with van der Waals surface area (Å²) in [5.74, 6) is -0.244. The summed E-state index contributed by atoms with van der Waals surface area (Å²) < 4.78 is 5.57. The maximum absolute atomic E-state index is 12.3. The van der Waals surface area contributed by atoms with E-state index in [9.17, 15) is 9.59 Å². The maximum atomic E-state index is 12.3. The fourth-order valence-corrected chi connectivity index (χ4v) is 2.39. The van der Waals surface area contributed by atoms with Gasteiger partial charge in [0, 0.05) is 11.9 Å². The molecular formula is C17H16Cl2N2O3. The molecule has 2 rings (SSSR count). The molecule has 0 bridgehead atoms. The first-order chi connectivity index (χ1) is 11.4. The van der Waals surface area contributed by atoms with Crippen molar-refractivity contribution in [2.24, 2.45) is 0 Å². The monoisotopic (exact) mass is 366 g/mol. The summed E-state index contributed by atoms with van der Waals surface area (Å²) in [6, 6.07) is 11.6. The minimum absolute atomic E-state index is 0.228. The average Bonchev–Trinajstić information content (AvgIpc) is 2.51. The Hall–Kier alpha value is -2.24. The zero-order chi connectivity index (χ0) is 17.7. The molecule has 0 aliphatic carbocycles. The fourth-order valence-electron chi connectivity index (χ4n) is 1.94. The van der Waals surface area contributed by atoms with Crippen LogP contribution in [0, 0.1) is 0 Å². The third-order valence-electron chi connectivity index (χ3n) is 3.06. The number of ether oxygens (including phenoxy) is 1. The van der Waals surface area contributed by atoms with E-state index in [1.165, 1.54) is 13.0 Å². The standard InChI is InChI=1S/C17H16Cl2N2O3/c1-10(24-16-8-7-12(18)9-13(16)19)17(23)21-15-6-4-3-5-14(15)20-11(2)22/h3-10H,1-2H3,(H,20,22)(H,21,23). The van der Waals surface area contributed by atoms with Crippen LogP contribution in [0.15, 0.2) is 42.5 Å². The average molecular weight is 367 g/mol. The Kier molecular flexibility index (Phi) is 6.06. The molecule has 0 fully saturated rings. The minimum atomic E-state index is -0.797. The molecule has 0 aromatic heterocycles. The number of anilines is 2. The van der Waals surface area contributed by atoms with Crippen LogP contribution in [0.25, 0.3) is 0 Å². The fraction of sp³-hybridized carbons (Fsp3) is 0.176. The lowest BCUT2D eigenvalue weighted by Gasteiger charge is -2.17. The number of para-hydroxylation sites is 2. The SMILES string of the molecule is CC(=O)Nc1ccccc1NC(=O)C(C)Oc1ccc(Cl)cc1Cl. The van der Waals surface area contributed by atoms with Crippen molar-refractivity contribution in [1.29, 1.82) is 0 Å². The Labute approximate surface area is 149 Å². The highest BCUT2D eigenvalue weighted by Gasteiger charge is 2.17. The van der Waals surface area contributed by atoms with Crippen LogP contribution in [-0.2, 0) is 9.59 Å². The Morgan fingerprint density at radius 2 is 1.67 bits per heavy atom. The quantitative estimate of drug-likeness (QED) is 0.825. The molecule has 0 spiro atoms. The van der Waals surface area contributed by atoms with Crippen LogP contribution in [0.2, 0.25) is 10.0 Å². The van der Waals surface area contributed by atoms with Crippen molar-refractivity contribution < 1.29 is 14.3 Å². The number of benzene rings is 2. The van der Waals surface area contributed by atoms with Gasteiger partial charge in [-0.25, -0.2) is 0 Å². The summed E-state index contributed by atoms with van der Waals surface area (Å²) in [5, 5.41) is 6.17. The van der Waals surface area contributed by atoms with Gasteiger partial charge >= 0.3 is 0 Å². The highest BCUT2D eigenvalue weighted by Crippen LogP contribution is 2.28. The lowest BCUT2D eigenvalue weighted by atomic mass is 10.2. The van der Waals surface area contributed by atoms with E-state index in [1.54, 1.807) is 43.3 Å². The van der Waals surface area contributed by atoms with E-state index in [1.807, 2.05) is 0 Å². The number of amides is 2. The van der Waals surface area contributed by atoms with Crippen LogP contribution in [-0.4, -0.2) is 17.9 Å². The molecular weight excluding hydrogens is 351 g/mol. The van der Waals surface area contributed by atoms with Gasteiger partial charge in [0.2, 0.25) is 5.91 Å². The molecule has 126 valence electrons. The van der Waals surface area contributed by atoms with E-state index in [2.05, 4.69) is 10.6 Å². The normalized spacial score (nSPS) is 11.5. The highest BCUT2D eigenvalue weighted by atomic mass is 35.5. The van der Waals surface area contributed by atoms with Crippen molar-refractivity contribution in [3.8, 4) is 5.75 Å². The lowest BCUT2D eigenvalue weighted by molar-refractivity contribution is -0.122. The van der Waals surface area contributed by atoms with Gasteiger partial charge in [-0.1, -0.05) is 35.3 Å². The predicted molar refractivity (Wildman–Crippen MR) is 95.9 cm³/mol. The van der Waals surface area contributed by atoms with Crippen LogP contribution >= 0.6 is 23.2 Å². The smallest absolute Gasteiger partial charge is 0.265 e. The topological polar surface area (TPSA) is 67.4 Å². The first kappa shape index (κ1) is 18.1. The molecule has 1 unspecified atom stereocenters. The summed E-state index contributed by atoms with van der Waals surface area (Å²) in [6.07, 6.45) is -0.797. The molecule has 2 aromatic rings. The summed E-state index contributed by atoms with van der Waals surface area (Å²) >= 11 is 11.9. The van der Waals surface area contributed by atoms with Crippen LogP contribution in [0.5, 0.6) is 5.75 Å². The van der Waals surface area contributed by atoms with Crippen molar-refractivity contribution in [3.63, 3.8) is 0 Å². The van der Waals surface area contributed by atoms with Gasteiger partial charge in [-0.2, -0.15) is 0 Å². The van der Waals surface area contributed by atoms with Gasteiger partial charge in [-0.3, -0.25) is 9.59 Å². The molecule has 1 atom stereocenters. The molecule has 0 heterocycles. The van der Waals surface area contributed by atoms with E-state index >= 15 is 0 Å². The molecule has 0 radical (unpaired) electrons. The molecule has 24 heavy (non-hydrogen) atoms. The summed E-state index contributed by atoms with van der Waals surface area (Å²) in [5.41, 5.74) is 0.991. The molecule has 0 saturated heterocycles. The van der Waals surface area contributed by atoms with E-state index in [-0.39, 0.29) is 11.8 Å². The number of nitrogens with one attached hydrogen (secondary N) is 2. The molecule has 0 aliphatic rings. The van der Waals surface area contributed by atoms with Crippen molar-refractivity contribution >= 4 is 46.4 Å². The van der Waals surface area contributed by atoms with Gasteiger partial charge in [0.05, 0.1) is 16.4 Å². The number of hydrogen-bond donors (Lipinski definition) is 2. The molecule has 2 amide bonds. The molecule has 0 aliphatic heterocycles. The Bertz CT molecular complexity index is 765. The van der Waals surface area contributed by atoms with Crippen LogP contribution in [0.4, 0.5) is 11.4 Å². The number of carbonyl (C=O) groups excluding carboxylic acids is 2. The van der Waals surface area contributed by atoms with Crippen molar-refractivity contribution in [2.45, 2.75) is 20.0 Å².